The highest BCUT2D eigenvalue weighted by molar-refractivity contribution is 6.05. The van der Waals surface area contributed by atoms with Crippen LogP contribution in [0.4, 0.5) is 5.69 Å². The maximum atomic E-state index is 13.0. The summed E-state index contributed by atoms with van der Waals surface area (Å²) in [5.41, 5.74) is 3.21. The smallest absolute Gasteiger partial charge is 0.255 e. The van der Waals surface area contributed by atoms with E-state index in [4.69, 9.17) is 0 Å². The summed E-state index contributed by atoms with van der Waals surface area (Å²) in [5.74, 6) is -0.707. The number of anilines is 1. The molecular weight excluding hydrogens is 442 g/mol. The van der Waals surface area contributed by atoms with E-state index in [0.717, 1.165) is 52.1 Å². The summed E-state index contributed by atoms with van der Waals surface area (Å²) in [7, 11) is 0. The van der Waals surface area contributed by atoms with Crippen LogP contribution in [0.25, 0.3) is 0 Å². The minimum absolute atomic E-state index is 0.0972. The van der Waals surface area contributed by atoms with Crippen molar-refractivity contribution >= 4 is 23.4 Å². The van der Waals surface area contributed by atoms with Gasteiger partial charge >= 0.3 is 0 Å². The molecule has 35 heavy (non-hydrogen) atoms. The van der Waals surface area contributed by atoms with Crippen LogP contribution in [-0.4, -0.2) is 77.7 Å². The number of likely N-dealkylation sites (N-methyl/N-ethyl adjacent to an activating group) is 1. The molecule has 0 spiro atoms. The number of fused-ring (bicyclic) bond motifs is 1. The lowest BCUT2D eigenvalue weighted by Crippen LogP contribution is -2.45. The zero-order chi connectivity index (χ0) is 24.4. The molecular formula is C27H33N5O3. The zero-order valence-corrected chi connectivity index (χ0v) is 20.2. The van der Waals surface area contributed by atoms with Crippen LogP contribution >= 0.6 is 0 Å². The molecule has 8 nitrogen and oxygen atoms in total. The van der Waals surface area contributed by atoms with E-state index in [2.05, 4.69) is 27.4 Å². The highest BCUT2D eigenvalue weighted by Gasteiger charge is 2.47. The minimum Gasteiger partial charge on any atom is -0.345 e. The Hall–Kier alpha value is -3.23. The van der Waals surface area contributed by atoms with Gasteiger partial charge in [0.2, 0.25) is 11.8 Å². The largest absolute Gasteiger partial charge is 0.345 e. The quantitative estimate of drug-likeness (QED) is 0.612. The van der Waals surface area contributed by atoms with Crippen molar-refractivity contribution in [3.05, 3.63) is 65.2 Å². The van der Waals surface area contributed by atoms with Crippen molar-refractivity contribution in [3.63, 3.8) is 0 Å². The van der Waals surface area contributed by atoms with Gasteiger partial charge in [-0.15, -0.1) is 0 Å². The van der Waals surface area contributed by atoms with E-state index in [9.17, 15) is 14.4 Å². The van der Waals surface area contributed by atoms with E-state index in [1.165, 1.54) is 5.56 Å². The number of nitrogens with one attached hydrogen (secondary N) is 2. The summed E-state index contributed by atoms with van der Waals surface area (Å²) in [4.78, 5) is 44.9. The van der Waals surface area contributed by atoms with Gasteiger partial charge in [0.25, 0.3) is 5.91 Å². The molecule has 184 valence electrons. The number of hydrogen-bond donors (Lipinski definition) is 2. The molecule has 2 heterocycles. The van der Waals surface area contributed by atoms with Crippen molar-refractivity contribution in [2.75, 3.05) is 44.6 Å². The van der Waals surface area contributed by atoms with Crippen molar-refractivity contribution in [1.82, 2.24) is 20.0 Å². The van der Waals surface area contributed by atoms with E-state index in [1.54, 1.807) is 11.0 Å². The first-order valence-corrected chi connectivity index (χ1v) is 12.6. The minimum atomic E-state index is -0.669. The molecule has 1 saturated heterocycles. The Morgan fingerprint density at radius 1 is 0.943 bits per heavy atom. The first-order chi connectivity index (χ1) is 17.0. The first-order valence-electron chi connectivity index (χ1n) is 12.6. The fourth-order valence-corrected chi connectivity index (χ4v) is 5.02. The van der Waals surface area contributed by atoms with Crippen LogP contribution in [0, 0.1) is 0 Å². The molecule has 2 fully saturated rings. The van der Waals surface area contributed by atoms with E-state index < -0.39 is 6.04 Å². The van der Waals surface area contributed by atoms with Gasteiger partial charge in [-0.25, -0.2) is 0 Å². The van der Waals surface area contributed by atoms with Gasteiger partial charge in [-0.1, -0.05) is 37.3 Å². The van der Waals surface area contributed by atoms with E-state index in [0.29, 0.717) is 16.8 Å². The fraction of sp³-hybridized carbons (Fsp3) is 0.444. The molecule has 1 aliphatic carbocycles. The Balaban J connectivity index is 1.13. The molecule has 3 amide bonds. The number of hydrogen-bond acceptors (Lipinski definition) is 5. The van der Waals surface area contributed by atoms with Gasteiger partial charge < -0.3 is 20.4 Å². The molecule has 2 aromatic rings. The van der Waals surface area contributed by atoms with Crippen LogP contribution in [-0.2, 0) is 16.1 Å². The second kappa shape index (κ2) is 10.2. The molecule has 5 rings (SSSR count). The predicted molar refractivity (Wildman–Crippen MR) is 134 cm³/mol. The molecule has 2 aliphatic heterocycles. The molecule has 8 heteroatoms. The molecule has 2 N–H and O–H groups in total. The van der Waals surface area contributed by atoms with Gasteiger partial charge in [0, 0.05) is 50.0 Å². The average Bonchev–Trinajstić information content (AvgIpc) is 3.68. The summed E-state index contributed by atoms with van der Waals surface area (Å²) >= 11 is 0. The van der Waals surface area contributed by atoms with Crippen molar-refractivity contribution in [2.24, 2.45) is 0 Å². The van der Waals surface area contributed by atoms with Crippen molar-refractivity contribution in [1.29, 1.82) is 0 Å². The molecule has 0 radical (unpaired) electrons. The van der Waals surface area contributed by atoms with Crippen LogP contribution in [0.15, 0.2) is 48.5 Å². The third-order valence-electron chi connectivity index (χ3n) is 7.17. The molecule has 0 unspecified atom stereocenters. The zero-order valence-electron chi connectivity index (χ0n) is 20.2. The van der Waals surface area contributed by atoms with Gasteiger partial charge in [-0.2, -0.15) is 0 Å². The number of nitrogens with zero attached hydrogens (tertiary/aromatic N) is 3. The first kappa shape index (κ1) is 23.5. The second-order valence-corrected chi connectivity index (χ2v) is 9.61. The van der Waals surface area contributed by atoms with Crippen molar-refractivity contribution in [2.45, 2.75) is 38.4 Å². The number of amides is 3. The van der Waals surface area contributed by atoms with Crippen molar-refractivity contribution < 1.29 is 14.4 Å². The summed E-state index contributed by atoms with van der Waals surface area (Å²) in [5, 5.41) is 5.59. The van der Waals surface area contributed by atoms with Crippen LogP contribution < -0.4 is 10.6 Å². The van der Waals surface area contributed by atoms with Crippen LogP contribution in [0.2, 0.25) is 0 Å². The Morgan fingerprint density at radius 3 is 2.31 bits per heavy atom. The van der Waals surface area contributed by atoms with Crippen LogP contribution in [0.3, 0.4) is 0 Å². The van der Waals surface area contributed by atoms with Gasteiger partial charge in [-0.3, -0.25) is 19.3 Å². The number of carbonyl (C=O) groups is 3. The summed E-state index contributed by atoms with van der Waals surface area (Å²) in [6.07, 6.45) is 1.82. The third kappa shape index (κ3) is 5.23. The second-order valence-electron chi connectivity index (χ2n) is 9.61. The van der Waals surface area contributed by atoms with Gasteiger partial charge in [0.05, 0.1) is 6.54 Å². The maximum absolute atomic E-state index is 13.0. The molecule has 3 aliphatic rings. The lowest BCUT2D eigenvalue weighted by atomic mass is 10.0. The maximum Gasteiger partial charge on any atom is 0.255 e. The molecule has 1 saturated carbocycles. The van der Waals surface area contributed by atoms with Gasteiger partial charge in [0.15, 0.2) is 0 Å². The Morgan fingerprint density at radius 2 is 1.63 bits per heavy atom. The summed E-state index contributed by atoms with van der Waals surface area (Å²) < 4.78 is 0. The standard InChI is InChI=1S/C27H33N5O3/c1-2-30-13-15-31(16-14-30)18-19-7-9-20(10-8-19)29-24(33)17-28-26(34)25-22-5-3-4-6-23(22)27(35)32(25)21-11-12-21/h3-10,21,25H,2,11-18H2,1H3,(H,28,34)(H,29,33)/t25-/m0/s1. The normalized spacial score (nSPS) is 20.5. The molecule has 0 aromatic heterocycles. The van der Waals surface area contributed by atoms with Crippen LogP contribution in [0.1, 0.15) is 47.3 Å². The van der Waals surface area contributed by atoms with Crippen LogP contribution in [0.5, 0.6) is 0 Å². The lowest BCUT2D eigenvalue weighted by molar-refractivity contribution is -0.127. The van der Waals surface area contributed by atoms with E-state index >= 15 is 0 Å². The number of benzene rings is 2. The Bertz CT molecular complexity index is 1090. The Kier molecular flexibility index (Phi) is 6.83. The van der Waals surface area contributed by atoms with E-state index in [-0.39, 0.29) is 30.3 Å². The fourth-order valence-electron chi connectivity index (χ4n) is 5.02. The van der Waals surface area contributed by atoms with Crippen molar-refractivity contribution in [3.8, 4) is 0 Å². The highest BCUT2D eigenvalue weighted by atomic mass is 16.2. The van der Waals surface area contributed by atoms with Gasteiger partial charge in [0.1, 0.15) is 6.04 Å². The molecule has 0 bridgehead atoms. The summed E-state index contributed by atoms with van der Waals surface area (Å²) in [6.45, 7) is 8.42. The number of rotatable bonds is 8. The topological polar surface area (TPSA) is 85.0 Å². The van der Waals surface area contributed by atoms with Gasteiger partial charge in [-0.05, 0) is 48.7 Å². The SMILES string of the molecule is CCN1CCN(Cc2ccc(NC(=O)CNC(=O)[C@@H]3c4ccccc4C(=O)N3C3CC3)cc2)CC1. The predicted octanol–water partition coefficient (Wildman–Crippen LogP) is 2.24. The van der Waals surface area contributed by atoms with E-state index in [1.807, 2.05) is 42.5 Å². The summed E-state index contributed by atoms with van der Waals surface area (Å²) in [6, 6.07) is 14.6. The number of carbonyl (C=O) groups excluding carboxylic acids is 3. The lowest BCUT2D eigenvalue weighted by Gasteiger charge is -2.34. The Labute approximate surface area is 206 Å². The highest BCUT2D eigenvalue weighted by Crippen LogP contribution is 2.41. The molecule has 2 aromatic carbocycles. The third-order valence-corrected chi connectivity index (χ3v) is 7.17. The number of piperazine rings is 1. The average molecular weight is 476 g/mol. The molecule has 1 atom stereocenters. The monoisotopic (exact) mass is 475 g/mol.